The third-order valence-electron chi connectivity index (χ3n) is 3.84. The Balaban J connectivity index is 2.03. The Bertz CT molecular complexity index is 422. The van der Waals surface area contributed by atoms with Crippen LogP contribution in [-0.4, -0.2) is 45.2 Å². The van der Waals surface area contributed by atoms with Crippen molar-refractivity contribution >= 4 is 5.69 Å². The van der Waals surface area contributed by atoms with Gasteiger partial charge in [0.2, 0.25) is 0 Å². The molecule has 4 heteroatoms. The van der Waals surface area contributed by atoms with E-state index in [1.807, 2.05) is 7.05 Å². The van der Waals surface area contributed by atoms with Crippen molar-refractivity contribution in [2.24, 2.45) is 11.7 Å². The lowest BCUT2D eigenvalue weighted by Crippen LogP contribution is -2.27. The van der Waals surface area contributed by atoms with Crippen LogP contribution in [0.5, 0.6) is 0 Å². The van der Waals surface area contributed by atoms with E-state index >= 15 is 0 Å². The van der Waals surface area contributed by atoms with E-state index in [2.05, 4.69) is 22.9 Å². The summed E-state index contributed by atoms with van der Waals surface area (Å²) in [7, 11) is 4.20. The summed E-state index contributed by atoms with van der Waals surface area (Å²) in [5.41, 5.74) is 7.48. The number of nitrogens with two attached hydrogens (primary N) is 1. The van der Waals surface area contributed by atoms with Gasteiger partial charge in [0.05, 0.1) is 0 Å². The average Bonchev–Trinajstić information content (AvgIpc) is 2.74. The molecule has 1 atom stereocenters. The maximum atomic E-state index is 13.6. The van der Waals surface area contributed by atoms with Crippen molar-refractivity contribution in [1.29, 1.82) is 0 Å². The lowest BCUT2D eigenvalue weighted by atomic mass is 10.1. The molecule has 1 heterocycles. The minimum Gasteiger partial charge on any atom is -0.374 e. The van der Waals surface area contributed by atoms with E-state index in [9.17, 15) is 4.39 Å². The molecule has 3 nitrogen and oxygen atoms in total. The molecule has 2 rings (SSSR count). The Kier molecular flexibility index (Phi) is 4.77. The number of rotatable bonds is 5. The van der Waals surface area contributed by atoms with Gasteiger partial charge in [-0.05, 0) is 62.7 Å². The topological polar surface area (TPSA) is 32.5 Å². The zero-order valence-corrected chi connectivity index (χ0v) is 11.9. The maximum Gasteiger partial charge on any atom is 0.125 e. The summed E-state index contributed by atoms with van der Waals surface area (Å²) in [4.78, 5) is 4.51. The molecule has 0 radical (unpaired) electrons. The molecule has 1 aliphatic rings. The molecular formula is C15H24FN3. The summed E-state index contributed by atoms with van der Waals surface area (Å²) < 4.78 is 13.6. The zero-order valence-electron chi connectivity index (χ0n) is 11.9. The summed E-state index contributed by atoms with van der Waals surface area (Å²) in [6.07, 6.45) is 1.95. The normalized spacial score (nSPS) is 19.9. The summed E-state index contributed by atoms with van der Waals surface area (Å²) >= 11 is 0. The quantitative estimate of drug-likeness (QED) is 0.880. The Morgan fingerprint density at radius 1 is 1.42 bits per heavy atom. The van der Waals surface area contributed by atoms with Crippen LogP contribution in [0, 0.1) is 11.7 Å². The largest absolute Gasteiger partial charge is 0.374 e. The number of hydrogen-bond donors (Lipinski definition) is 1. The first-order valence-corrected chi connectivity index (χ1v) is 6.97. The molecule has 106 valence electrons. The number of likely N-dealkylation sites (tertiary alicyclic amines) is 1. The van der Waals surface area contributed by atoms with Crippen molar-refractivity contribution in [3.63, 3.8) is 0 Å². The SMILES string of the molecule is CN1CCC(CN(C)c2cc(F)cc(CCN)c2)C1. The lowest BCUT2D eigenvalue weighted by Gasteiger charge is -2.24. The van der Waals surface area contributed by atoms with Crippen LogP contribution < -0.4 is 10.6 Å². The highest BCUT2D eigenvalue weighted by atomic mass is 19.1. The van der Waals surface area contributed by atoms with Gasteiger partial charge >= 0.3 is 0 Å². The summed E-state index contributed by atoms with van der Waals surface area (Å²) in [5, 5.41) is 0. The second-order valence-corrected chi connectivity index (χ2v) is 5.65. The molecular weight excluding hydrogens is 241 g/mol. The predicted octanol–water partition coefficient (Wildman–Crippen LogP) is 1.71. The molecule has 1 aromatic carbocycles. The predicted molar refractivity (Wildman–Crippen MR) is 78.0 cm³/mol. The fraction of sp³-hybridized carbons (Fsp3) is 0.600. The van der Waals surface area contributed by atoms with Crippen LogP contribution in [0.25, 0.3) is 0 Å². The first kappa shape index (κ1) is 14.3. The highest BCUT2D eigenvalue weighted by molar-refractivity contribution is 5.48. The maximum absolute atomic E-state index is 13.6. The Morgan fingerprint density at radius 2 is 2.21 bits per heavy atom. The van der Waals surface area contributed by atoms with Gasteiger partial charge < -0.3 is 15.5 Å². The molecule has 0 aromatic heterocycles. The Hall–Kier alpha value is -1.13. The van der Waals surface area contributed by atoms with Crippen LogP contribution in [0.15, 0.2) is 18.2 Å². The van der Waals surface area contributed by atoms with Gasteiger partial charge in [-0.2, -0.15) is 0 Å². The summed E-state index contributed by atoms with van der Waals surface area (Å²) in [6.45, 7) is 3.84. The Labute approximate surface area is 115 Å². The van der Waals surface area contributed by atoms with Crippen molar-refractivity contribution in [3.8, 4) is 0 Å². The molecule has 2 N–H and O–H groups in total. The van der Waals surface area contributed by atoms with Gasteiger partial charge in [0.15, 0.2) is 0 Å². The fourth-order valence-electron chi connectivity index (χ4n) is 2.83. The van der Waals surface area contributed by atoms with Gasteiger partial charge in [-0.15, -0.1) is 0 Å². The zero-order chi connectivity index (χ0) is 13.8. The molecule has 0 aliphatic carbocycles. The van der Waals surface area contributed by atoms with E-state index in [-0.39, 0.29) is 5.82 Å². The summed E-state index contributed by atoms with van der Waals surface area (Å²) in [5.74, 6) is 0.507. The molecule has 1 saturated heterocycles. The molecule has 1 aliphatic heterocycles. The third kappa shape index (κ3) is 3.91. The van der Waals surface area contributed by atoms with E-state index in [4.69, 9.17) is 5.73 Å². The van der Waals surface area contributed by atoms with Gasteiger partial charge in [-0.1, -0.05) is 0 Å². The van der Waals surface area contributed by atoms with E-state index in [1.165, 1.54) is 13.0 Å². The molecule has 0 spiro atoms. The first-order valence-electron chi connectivity index (χ1n) is 6.97. The van der Waals surface area contributed by atoms with Crippen LogP contribution in [0.2, 0.25) is 0 Å². The number of benzene rings is 1. The highest BCUT2D eigenvalue weighted by Crippen LogP contribution is 2.22. The molecule has 1 aromatic rings. The van der Waals surface area contributed by atoms with Crippen molar-refractivity contribution in [1.82, 2.24) is 4.90 Å². The van der Waals surface area contributed by atoms with Crippen molar-refractivity contribution < 1.29 is 4.39 Å². The van der Waals surface area contributed by atoms with Crippen molar-refractivity contribution in [2.45, 2.75) is 12.8 Å². The number of anilines is 1. The Morgan fingerprint density at radius 3 is 2.84 bits per heavy atom. The smallest absolute Gasteiger partial charge is 0.125 e. The molecule has 0 saturated carbocycles. The number of halogens is 1. The number of nitrogens with zero attached hydrogens (tertiary/aromatic N) is 2. The van der Waals surface area contributed by atoms with Crippen molar-refractivity contribution in [2.75, 3.05) is 45.2 Å². The van der Waals surface area contributed by atoms with E-state index < -0.39 is 0 Å². The second kappa shape index (κ2) is 6.35. The lowest BCUT2D eigenvalue weighted by molar-refractivity contribution is 0.396. The van der Waals surface area contributed by atoms with Gasteiger partial charge in [0, 0.05) is 25.8 Å². The fourth-order valence-corrected chi connectivity index (χ4v) is 2.83. The number of hydrogen-bond acceptors (Lipinski definition) is 3. The standard InChI is InChI=1S/C15H24FN3/c1-18-6-4-13(10-18)11-19(2)15-8-12(3-5-17)7-14(16)9-15/h7-9,13H,3-6,10-11,17H2,1-2H3. The first-order chi connectivity index (χ1) is 9.08. The molecule has 1 fully saturated rings. The monoisotopic (exact) mass is 265 g/mol. The van der Waals surface area contributed by atoms with Crippen LogP contribution in [0.4, 0.5) is 10.1 Å². The van der Waals surface area contributed by atoms with Crippen LogP contribution in [0.1, 0.15) is 12.0 Å². The van der Waals surface area contributed by atoms with Crippen LogP contribution in [-0.2, 0) is 6.42 Å². The van der Waals surface area contributed by atoms with Crippen LogP contribution >= 0.6 is 0 Å². The minimum absolute atomic E-state index is 0.170. The minimum atomic E-state index is -0.170. The van der Waals surface area contributed by atoms with Gasteiger partial charge in [0.1, 0.15) is 5.82 Å². The third-order valence-corrected chi connectivity index (χ3v) is 3.84. The van der Waals surface area contributed by atoms with E-state index in [0.717, 1.165) is 30.8 Å². The van der Waals surface area contributed by atoms with Crippen molar-refractivity contribution in [3.05, 3.63) is 29.6 Å². The molecule has 19 heavy (non-hydrogen) atoms. The molecule has 1 unspecified atom stereocenters. The van der Waals surface area contributed by atoms with Gasteiger partial charge in [-0.3, -0.25) is 0 Å². The van der Waals surface area contributed by atoms with E-state index in [1.54, 1.807) is 12.1 Å². The van der Waals surface area contributed by atoms with Crippen LogP contribution in [0.3, 0.4) is 0 Å². The second-order valence-electron chi connectivity index (χ2n) is 5.65. The molecule has 0 amide bonds. The molecule has 0 bridgehead atoms. The highest BCUT2D eigenvalue weighted by Gasteiger charge is 2.21. The average molecular weight is 265 g/mol. The van der Waals surface area contributed by atoms with Gasteiger partial charge in [-0.25, -0.2) is 4.39 Å². The van der Waals surface area contributed by atoms with Gasteiger partial charge in [0.25, 0.3) is 0 Å². The summed E-state index contributed by atoms with van der Waals surface area (Å²) in [6, 6.07) is 5.24. The van der Waals surface area contributed by atoms with E-state index in [0.29, 0.717) is 12.5 Å².